The lowest BCUT2D eigenvalue weighted by Gasteiger charge is -2.13. The van der Waals surface area contributed by atoms with Gasteiger partial charge in [-0.05, 0) is 46.5 Å². The lowest BCUT2D eigenvalue weighted by molar-refractivity contribution is 0.417. The monoisotopic (exact) mass is 654 g/mol. The summed E-state index contributed by atoms with van der Waals surface area (Å²) in [6, 6.07) is 48.0. The second-order valence-corrected chi connectivity index (χ2v) is 12.7. The Morgan fingerprint density at radius 1 is 0.360 bits per heavy atom. The van der Waals surface area contributed by atoms with Gasteiger partial charge in [0, 0.05) is 69.5 Å². The van der Waals surface area contributed by atoms with E-state index in [4.69, 9.17) is 9.47 Å². The van der Waals surface area contributed by atoms with Gasteiger partial charge in [-0.1, -0.05) is 121 Å². The summed E-state index contributed by atoms with van der Waals surface area (Å²) in [5, 5.41) is 3.03. The van der Waals surface area contributed by atoms with Gasteiger partial charge in [0.2, 0.25) is 0 Å². The van der Waals surface area contributed by atoms with Crippen molar-refractivity contribution in [3.63, 3.8) is 0 Å². The average molecular weight is 655 g/mol. The summed E-state index contributed by atoms with van der Waals surface area (Å²) in [6.45, 7) is 0. The van der Waals surface area contributed by atoms with E-state index in [1.807, 2.05) is 146 Å². The number of fused-ring (bicyclic) bond motifs is 2. The molecule has 0 atom stereocenters. The first-order valence-corrected chi connectivity index (χ1v) is 16.9. The fourth-order valence-corrected chi connectivity index (χ4v) is 6.95. The molecule has 0 radical (unpaired) electrons. The number of ether oxygens (including phenoxy) is 2. The molecule has 7 rings (SSSR count). The van der Waals surface area contributed by atoms with Crippen LogP contribution in [0.4, 0.5) is 0 Å². The molecule has 0 saturated heterocycles. The Labute approximate surface area is 292 Å². The zero-order valence-electron chi connectivity index (χ0n) is 28.3. The van der Waals surface area contributed by atoms with Crippen LogP contribution in [0.5, 0.6) is 11.5 Å². The van der Waals surface area contributed by atoms with Crippen LogP contribution in [0.3, 0.4) is 0 Å². The van der Waals surface area contributed by atoms with E-state index in [9.17, 15) is 9.59 Å². The van der Waals surface area contributed by atoms with E-state index in [1.54, 1.807) is 14.2 Å². The molecule has 0 spiro atoms. The van der Waals surface area contributed by atoms with Crippen molar-refractivity contribution in [2.45, 2.75) is 25.7 Å². The van der Waals surface area contributed by atoms with Crippen molar-refractivity contribution in [3.05, 3.63) is 211 Å². The van der Waals surface area contributed by atoms with E-state index in [1.165, 1.54) is 0 Å². The maximum absolute atomic E-state index is 14.5. The summed E-state index contributed by atoms with van der Waals surface area (Å²) in [5.41, 5.74) is 6.80. The quantitative estimate of drug-likeness (QED) is 0.148. The molecule has 4 nitrogen and oxygen atoms in total. The summed E-state index contributed by atoms with van der Waals surface area (Å²) in [5.74, 6) is 1.20. The maximum Gasteiger partial charge on any atom is 0.185 e. The van der Waals surface area contributed by atoms with Crippen LogP contribution in [0.25, 0.3) is 21.5 Å². The normalized spacial score (nSPS) is 11.1. The first-order valence-electron chi connectivity index (χ1n) is 16.9. The maximum atomic E-state index is 14.5. The van der Waals surface area contributed by atoms with E-state index < -0.39 is 0 Å². The Morgan fingerprint density at radius 2 is 0.580 bits per heavy atom. The molecule has 0 amide bonds. The Bertz CT molecular complexity index is 2070. The fraction of sp³-hybridized carbons (Fsp3) is 0.130. The molecule has 0 heterocycles. The lowest BCUT2D eigenvalue weighted by Crippen LogP contribution is -2.12. The van der Waals surface area contributed by atoms with Gasteiger partial charge in [-0.2, -0.15) is 0 Å². The topological polar surface area (TPSA) is 52.6 Å². The largest absolute Gasteiger partial charge is 0.495 e. The zero-order chi connectivity index (χ0) is 34.5. The van der Waals surface area contributed by atoms with E-state index in [2.05, 4.69) is 0 Å². The first-order chi connectivity index (χ1) is 24.5. The molecule has 0 fully saturated rings. The predicted molar refractivity (Wildman–Crippen MR) is 204 cm³/mol. The Balaban J connectivity index is 1.58. The molecule has 0 saturated carbocycles. The van der Waals surface area contributed by atoms with Crippen LogP contribution in [-0.2, 0) is 25.7 Å². The van der Waals surface area contributed by atoms with Gasteiger partial charge in [0.05, 0.1) is 14.2 Å². The molecule has 0 aliphatic heterocycles. The average Bonchev–Trinajstić information content (AvgIpc) is 3.36. The van der Waals surface area contributed by atoms with Crippen molar-refractivity contribution in [2.24, 2.45) is 0 Å². The Morgan fingerprint density at radius 3 is 0.780 bits per heavy atom. The molecule has 4 heteroatoms. The third-order valence-electron chi connectivity index (χ3n) is 9.36. The number of hydrogen-bond acceptors (Lipinski definition) is 4. The molecule has 0 aromatic heterocycles. The molecule has 246 valence electrons. The highest BCUT2D eigenvalue weighted by Crippen LogP contribution is 2.43. The third-order valence-corrected chi connectivity index (χ3v) is 9.36. The van der Waals surface area contributed by atoms with E-state index in [-0.39, 0.29) is 10.9 Å². The minimum atomic E-state index is -0.0102. The van der Waals surface area contributed by atoms with Crippen LogP contribution < -0.4 is 20.3 Å². The van der Waals surface area contributed by atoms with Crippen LogP contribution >= 0.6 is 0 Å². The number of rotatable bonds is 10. The van der Waals surface area contributed by atoms with E-state index in [0.29, 0.717) is 59.4 Å². The van der Waals surface area contributed by atoms with E-state index >= 15 is 0 Å². The zero-order valence-corrected chi connectivity index (χ0v) is 28.3. The van der Waals surface area contributed by atoms with Gasteiger partial charge >= 0.3 is 0 Å². The predicted octanol–water partition coefficient (Wildman–Crippen LogP) is 9.09. The lowest BCUT2D eigenvalue weighted by atomic mass is 10.00. The van der Waals surface area contributed by atoms with Crippen LogP contribution in [0.1, 0.15) is 44.5 Å². The van der Waals surface area contributed by atoms with Gasteiger partial charge in [-0.25, -0.2) is 0 Å². The molecular weight excluding hydrogens is 617 g/mol. The fourth-order valence-electron chi connectivity index (χ4n) is 6.95. The van der Waals surface area contributed by atoms with Crippen molar-refractivity contribution in [2.75, 3.05) is 14.2 Å². The van der Waals surface area contributed by atoms with Gasteiger partial charge in [0.1, 0.15) is 11.5 Å². The summed E-state index contributed by atoms with van der Waals surface area (Å²) in [6.07, 6.45) is 1.84. The smallest absolute Gasteiger partial charge is 0.185 e. The van der Waals surface area contributed by atoms with Crippen LogP contribution in [0.15, 0.2) is 155 Å². The van der Waals surface area contributed by atoms with E-state index in [0.717, 1.165) is 43.8 Å². The van der Waals surface area contributed by atoms with Crippen molar-refractivity contribution < 1.29 is 9.47 Å². The van der Waals surface area contributed by atoms with Crippen LogP contribution in [0, 0.1) is 0 Å². The summed E-state index contributed by atoms with van der Waals surface area (Å²) < 4.78 is 12.5. The second kappa shape index (κ2) is 14.6. The molecule has 0 bridgehead atoms. The van der Waals surface area contributed by atoms with Gasteiger partial charge in [0.25, 0.3) is 0 Å². The van der Waals surface area contributed by atoms with Crippen molar-refractivity contribution in [3.8, 4) is 11.5 Å². The highest BCUT2D eigenvalue weighted by molar-refractivity contribution is 6.11. The molecule has 7 aromatic carbocycles. The van der Waals surface area contributed by atoms with Gasteiger partial charge in [-0.15, -0.1) is 0 Å². The first kappa shape index (κ1) is 32.5. The molecule has 7 aromatic rings. The standard InChI is InChI=1S/C46H38O4/c1-49-45-39-27-35(23-31-15-7-3-8-16-31)43(47)37(25-33-19-11-5-12-20-33)29-41(39)46(50-2)42-30-38(26-34-21-13-6-14-22-34)44(48)36(28-40(42)45)24-32-17-9-4-10-18-32/h3-22,27-30H,23-26H2,1-2H3. The highest BCUT2D eigenvalue weighted by atomic mass is 16.5. The molecule has 0 aliphatic carbocycles. The molecule has 0 unspecified atom stereocenters. The van der Waals surface area contributed by atoms with Crippen molar-refractivity contribution in [1.82, 2.24) is 0 Å². The van der Waals surface area contributed by atoms with Gasteiger partial charge < -0.3 is 9.47 Å². The van der Waals surface area contributed by atoms with Crippen molar-refractivity contribution >= 4 is 21.5 Å². The van der Waals surface area contributed by atoms with Crippen molar-refractivity contribution in [1.29, 1.82) is 0 Å². The SMILES string of the molecule is COc1c2cc(Cc3ccccc3)c(=O)c(Cc3ccccc3)cc2c(OC)c2cc(Cc3ccccc3)c(=O)c(Cc3ccccc3)cc12. The van der Waals surface area contributed by atoms with Crippen LogP contribution in [-0.4, -0.2) is 14.2 Å². The molecular formula is C46H38O4. The molecule has 50 heavy (non-hydrogen) atoms. The second-order valence-electron chi connectivity index (χ2n) is 12.7. The number of benzene rings is 5. The van der Waals surface area contributed by atoms with Crippen LogP contribution in [0.2, 0.25) is 0 Å². The molecule has 0 aliphatic rings. The van der Waals surface area contributed by atoms with Gasteiger partial charge in [0.15, 0.2) is 10.9 Å². The van der Waals surface area contributed by atoms with Gasteiger partial charge in [-0.3, -0.25) is 9.59 Å². The Kier molecular flexibility index (Phi) is 9.52. The minimum absolute atomic E-state index is 0.0102. The Hall–Kier alpha value is -6.00. The summed E-state index contributed by atoms with van der Waals surface area (Å²) in [4.78, 5) is 28.9. The molecule has 0 N–H and O–H groups in total. The number of methoxy groups -OCH3 is 2. The summed E-state index contributed by atoms with van der Waals surface area (Å²) >= 11 is 0. The minimum Gasteiger partial charge on any atom is -0.495 e. The highest BCUT2D eigenvalue weighted by Gasteiger charge is 2.21. The number of hydrogen-bond donors (Lipinski definition) is 0. The third kappa shape index (κ3) is 6.79. The summed E-state index contributed by atoms with van der Waals surface area (Å²) in [7, 11) is 3.31.